The molecule has 3 atom stereocenters. The van der Waals surface area contributed by atoms with Crippen molar-refractivity contribution in [3.63, 3.8) is 0 Å². The Morgan fingerprint density at radius 3 is 2.53 bits per heavy atom. The van der Waals surface area contributed by atoms with Crippen LogP contribution >= 0.6 is 0 Å². The van der Waals surface area contributed by atoms with Gasteiger partial charge in [0.15, 0.2) is 0 Å². The molecule has 0 bridgehead atoms. The number of hydrogen-bond acceptors (Lipinski definition) is 2. The summed E-state index contributed by atoms with van der Waals surface area (Å²) in [5.41, 5.74) is 0. The second-order valence-electron chi connectivity index (χ2n) is 6.33. The third kappa shape index (κ3) is 3.01. The lowest BCUT2D eigenvalue weighted by atomic mass is 10.0. The van der Waals surface area contributed by atoms with Gasteiger partial charge in [-0.25, -0.2) is 0 Å². The number of nitrogens with zero attached hydrogens (tertiary/aromatic N) is 1. The summed E-state index contributed by atoms with van der Waals surface area (Å²) in [5.74, 6) is 2.43. The van der Waals surface area contributed by atoms with Gasteiger partial charge in [0.1, 0.15) is 0 Å². The predicted molar refractivity (Wildman–Crippen MR) is 69.4 cm³/mol. The zero-order valence-corrected chi connectivity index (χ0v) is 11.6. The Bertz CT molecular complexity index is 286. The summed E-state index contributed by atoms with van der Waals surface area (Å²) in [6, 6.07) is 0.0522. The molecule has 0 aromatic heterocycles. The normalized spacial score (nSPS) is 31.4. The molecule has 1 aliphatic carbocycles. The van der Waals surface area contributed by atoms with Gasteiger partial charge in [-0.15, -0.1) is 0 Å². The van der Waals surface area contributed by atoms with Crippen LogP contribution in [0.1, 0.15) is 47.0 Å². The third-order valence-corrected chi connectivity index (χ3v) is 4.11. The van der Waals surface area contributed by atoms with Crippen LogP contribution in [0.3, 0.4) is 0 Å². The minimum atomic E-state index is 0.0522. The molecule has 2 rings (SSSR count). The fraction of sp³-hybridized carbons (Fsp3) is 0.929. The predicted octanol–water partition coefficient (Wildman–Crippen LogP) is 2.23. The lowest BCUT2D eigenvalue weighted by Gasteiger charge is -2.24. The van der Waals surface area contributed by atoms with Gasteiger partial charge in [-0.2, -0.15) is 0 Å². The molecule has 2 fully saturated rings. The Balaban J connectivity index is 1.90. The summed E-state index contributed by atoms with van der Waals surface area (Å²) in [6.45, 7) is 9.68. The van der Waals surface area contributed by atoms with Crippen LogP contribution in [0.2, 0.25) is 0 Å². The monoisotopic (exact) mass is 238 g/mol. The maximum absolute atomic E-state index is 12.3. The molecule has 0 aromatic carbocycles. The first kappa shape index (κ1) is 12.9. The number of carbonyl (C=O) groups excluding carboxylic acids is 1. The smallest absolute Gasteiger partial charge is 0.241 e. The number of carbonyl (C=O) groups is 1. The van der Waals surface area contributed by atoms with E-state index in [0.29, 0.717) is 17.7 Å². The van der Waals surface area contributed by atoms with Crippen LogP contribution in [0.5, 0.6) is 0 Å². The quantitative estimate of drug-likeness (QED) is 0.796. The molecule has 1 saturated carbocycles. The lowest BCUT2D eigenvalue weighted by molar-refractivity contribution is -0.130. The summed E-state index contributed by atoms with van der Waals surface area (Å²) in [4.78, 5) is 14.3. The molecule has 3 unspecified atom stereocenters. The molecule has 3 heteroatoms. The van der Waals surface area contributed by atoms with Gasteiger partial charge in [0.05, 0.1) is 12.2 Å². The fourth-order valence-corrected chi connectivity index (χ4v) is 2.86. The van der Waals surface area contributed by atoms with Crippen molar-refractivity contribution in [3.8, 4) is 0 Å². The molecule has 1 heterocycles. The molecule has 98 valence electrons. The Morgan fingerprint density at radius 2 is 2.00 bits per heavy atom. The highest BCUT2D eigenvalue weighted by atomic mass is 16.2. The molecule has 3 nitrogen and oxygen atoms in total. The second-order valence-corrected chi connectivity index (χ2v) is 6.33. The number of amides is 1. The number of hydrogen-bond donors (Lipinski definition) is 1. The van der Waals surface area contributed by atoms with Gasteiger partial charge in [0.25, 0.3) is 0 Å². The second kappa shape index (κ2) is 4.97. The van der Waals surface area contributed by atoms with Gasteiger partial charge in [0.2, 0.25) is 5.91 Å². The van der Waals surface area contributed by atoms with E-state index in [9.17, 15) is 4.79 Å². The van der Waals surface area contributed by atoms with Gasteiger partial charge in [0, 0.05) is 6.54 Å². The maximum atomic E-state index is 12.3. The highest BCUT2D eigenvalue weighted by molar-refractivity contribution is 5.84. The van der Waals surface area contributed by atoms with Crippen molar-refractivity contribution < 1.29 is 4.79 Å². The maximum Gasteiger partial charge on any atom is 0.241 e. The van der Waals surface area contributed by atoms with Gasteiger partial charge in [-0.05, 0) is 43.9 Å². The van der Waals surface area contributed by atoms with Crippen LogP contribution in [-0.4, -0.2) is 29.6 Å². The zero-order chi connectivity index (χ0) is 12.6. The first-order chi connectivity index (χ1) is 7.99. The van der Waals surface area contributed by atoms with Crippen molar-refractivity contribution in [2.24, 2.45) is 17.8 Å². The average Bonchev–Trinajstić information content (AvgIpc) is 3.02. The molecule has 0 spiro atoms. The summed E-state index contributed by atoms with van der Waals surface area (Å²) in [6.07, 6.45) is 3.89. The number of rotatable bonds is 5. The topological polar surface area (TPSA) is 32.3 Å². The molecule has 17 heavy (non-hydrogen) atoms. The molecular weight excluding hydrogens is 212 g/mol. The van der Waals surface area contributed by atoms with E-state index in [1.54, 1.807) is 0 Å². The molecule has 1 aliphatic heterocycles. The summed E-state index contributed by atoms with van der Waals surface area (Å²) < 4.78 is 0. The summed E-state index contributed by atoms with van der Waals surface area (Å²) in [7, 11) is 0. The summed E-state index contributed by atoms with van der Waals surface area (Å²) in [5, 5.41) is 3.43. The van der Waals surface area contributed by atoms with E-state index in [1.165, 1.54) is 12.8 Å². The van der Waals surface area contributed by atoms with Crippen LogP contribution in [0.4, 0.5) is 0 Å². The minimum absolute atomic E-state index is 0.0522. The molecule has 0 radical (unpaired) electrons. The fourth-order valence-electron chi connectivity index (χ4n) is 2.86. The Hall–Kier alpha value is -0.570. The van der Waals surface area contributed by atoms with Crippen molar-refractivity contribution in [2.45, 2.75) is 59.2 Å². The van der Waals surface area contributed by atoms with Gasteiger partial charge in [-0.1, -0.05) is 20.8 Å². The molecule has 1 N–H and O–H groups in total. The van der Waals surface area contributed by atoms with Crippen molar-refractivity contribution in [1.82, 2.24) is 10.2 Å². The van der Waals surface area contributed by atoms with Crippen molar-refractivity contribution in [3.05, 3.63) is 0 Å². The van der Waals surface area contributed by atoms with Crippen LogP contribution in [0.25, 0.3) is 0 Å². The van der Waals surface area contributed by atoms with Gasteiger partial charge in [-0.3, -0.25) is 10.1 Å². The minimum Gasteiger partial charge on any atom is -0.326 e. The van der Waals surface area contributed by atoms with E-state index in [0.717, 1.165) is 18.9 Å². The van der Waals surface area contributed by atoms with Crippen molar-refractivity contribution in [1.29, 1.82) is 0 Å². The lowest BCUT2D eigenvalue weighted by Crippen LogP contribution is -2.38. The van der Waals surface area contributed by atoms with E-state index in [1.807, 2.05) is 0 Å². The Kier molecular flexibility index (Phi) is 3.76. The van der Waals surface area contributed by atoms with Gasteiger partial charge >= 0.3 is 0 Å². The van der Waals surface area contributed by atoms with Crippen LogP contribution in [0.15, 0.2) is 0 Å². The van der Waals surface area contributed by atoms with E-state index >= 15 is 0 Å². The Labute approximate surface area is 105 Å². The Morgan fingerprint density at radius 1 is 1.35 bits per heavy atom. The first-order valence-corrected chi connectivity index (χ1v) is 7.05. The van der Waals surface area contributed by atoms with Gasteiger partial charge < -0.3 is 4.90 Å². The highest BCUT2D eigenvalue weighted by Crippen LogP contribution is 2.37. The van der Waals surface area contributed by atoms with Crippen LogP contribution in [0, 0.1) is 17.8 Å². The van der Waals surface area contributed by atoms with Crippen molar-refractivity contribution >= 4 is 5.91 Å². The van der Waals surface area contributed by atoms with E-state index < -0.39 is 0 Å². The van der Waals surface area contributed by atoms with E-state index in [4.69, 9.17) is 0 Å². The largest absolute Gasteiger partial charge is 0.326 e. The van der Waals surface area contributed by atoms with Crippen LogP contribution < -0.4 is 5.32 Å². The van der Waals surface area contributed by atoms with E-state index in [2.05, 4.69) is 37.9 Å². The molecule has 1 amide bonds. The third-order valence-electron chi connectivity index (χ3n) is 4.11. The molecular formula is C14H26N2O. The average molecular weight is 238 g/mol. The summed E-state index contributed by atoms with van der Waals surface area (Å²) >= 11 is 0. The molecule has 1 saturated heterocycles. The van der Waals surface area contributed by atoms with Crippen molar-refractivity contribution in [2.75, 3.05) is 6.54 Å². The molecule has 2 aliphatic rings. The number of nitrogens with one attached hydrogen (secondary N) is 1. The first-order valence-electron chi connectivity index (χ1n) is 7.05. The van der Waals surface area contributed by atoms with Crippen LogP contribution in [-0.2, 0) is 4.79 Å². The highest BCUT2D eigenvalue weighted by Gasteiger charge is 2.39. The zero-order valence-electron chi connectivity index (χ0n) is 11.6. The van der Waals surface area contributed by atoms with E-state index in [-0.39, 0.29) is 12.2 Å². The SMILES string of the molecule is CC(C)CC1NC(C)N(CC(C)C2CC2)C1=O. The standard InChI is InChI=1S/C14H26N2O/c1-9(2)7-13-14(17)16(11(4)15-13)8-10(3)12-5-6-12/h9-13,15H,5-8H2,1-4H3. The molecule has 0 aromatic rings.